The third-order valence-corrected chi connectivity index (χ3v) is 3.03. The summed E-state index contributed by atoms with van der Waals surface area (Å²) in [6, 6.07) is 7.24. The van der Waals surface area contributed by atoms with Gasteiger partial charge in [0, 0.05) is 11.1 Å². The lowest BCUT2D eigenvalue weighted by molar-refractivity contribution is 0.477. The number of nitrogen functional groups attached to an aromatic ring is 1. The van der Waals surface area contributed by atoms with Crippen molar-refractivity contribution in [2.75, 3.05) is 5.43 Å². The molecule has 0 bridgehead atoms. The van der Waals surface area contributed by atoms with Crippen LogP contribution in [0.3, 0.4) is 0 Å². The fourth-order valence-corrected chi connectivity index (χ4v) is 2.13. The molecule has 2 aromatic rings. The summed E-state index contributed by atoms with van der Waals surface area (Å²) in [6.45, 7) is 4.04. The summed E-state index contributed by atoms with van der Waals surface area (Å²) in [5.74, 6) is 6.04. The van der Waals surface area contributed by atoms with Crippen LogP contribution >= 0.6 is 0 Å². The van der Waals surface area contributed by atoms with Gasteiger partial charge in [-0.25, -0.2) is 15.8 Å². The number of phenols is 1. The number of hydrazine groups is 1. The summed E-state index contributed by atoms with van der Waals surface area (Å²) in [5, 5.41) is 10.0. The van der Waals surface area contributed by atoms with Crippen LogP contribution in [0.2, 0.25) is 0 Å². The number of anilines is 1. The highest BCUT2D eigenvalue weighted by atomic mass is 16.3. The van der Waals surface area contributed by atoms with Crippen LogP contribution in [0.5, 0.6) is 5.75 Å². The molecule has 0 spiro atoms. The van der Waals surface area contributed by atoms with Gasteiger partial charge < -0.3 is 5.11 Å². The molecule has 2 rings (SSSR count). The maximum Gasteiger partial charge on any atom is 0.237 e. The molecule has 1 heterocycles. The minimum atomic E-state index is 0.240. The van der Waals surface area contributed by atoms with Gasteiger partial charge in [-0.15, -0.1) is 0 Å². The molecule has 0 aliphatic heterocycles. The molecule has 0 fully saturated rings. The number of para-hydroxylation sites is 1. The number of rotatable bonds is 4. The highest BCUT2D eigenvalue weighted by Crippen LogP contribution is 2.33. The van der Waals surface area contributed by atoms with Crippen LogP contribution < -0.4 is 11.3 Å². The van der Waals surface area contributed by atoms with Gasteiger partial charge in [0.25, 0.3) is 0 Å². The lowest BCUT2D eigenvalue weighted by Crippen LogP contribution is -2.14. The van der Waals surface area contributed by atoms with Crippen molar-refractivity contribution in [1.29, 1.82) is 0 Å². The number of nitrogens with two attached hydrogens (primary N) is 1. The number of aromatic nitrogens is 2. The first-order valence-electron chi connectivity index (χ1n) is 6.36. The predicted molar refractivity (Wildman–Crippen MR) is 75.7 cm³/mol. The molecule has 0 aliphatic carbocycles. The smallest absolute Gasteiger partial charge is 0.237 e. The molecule has 0 radical (unpaired) electrons. The zero-order chi connectivity index (χ0) is 13.8. The molecule has 5 heteroatoms. The van der Waals surface area contributed by atoms with Crippen LogP contribution in [0.4, 0.5) is 5.95 Å². The van der Waals surface area contributed by atoms with Crippen molar-refractivity contribution in [3.05, 3.63) is 35.7 Å². The number of aryl methyl sites for hydroxylation is 2. The molecular formula is C14H18N4O. The Hall–Kier alpha value is -2.14. The van der Waals surface area contributed by atoms with Crippen molar-refractivity contribution in [3.63, 3.8) is 0 Å². The van der Waals surface area contributed by atoms with E-state index in [1.165, 1.54) is 0 Å². The lowest BCUT2D eigenvalue weighted by Gasteiger charge is -2.14. The van der Waals surface area contributed by atoms with Gasteiger partial charge >= 0.3 is 0 Å². The Morgan fingerprint density at radius 1 is 1.11 bits per heavy atom. The summed E-state index contributed by atoms with van der Waals surface area (Å²) in [4.78, 5) is 8.75. The van der Waals surface area contributed by atoms with Crippen molar-refractivity contribution in [2.45, 2.75) is 26.7 Å². The van der Waals surface area contributed by atoms with Crippen molar-refractivity contribution < 1.29 is 5.11 Å². The zero-order valence-electron chi connectivity index (χ0n) is 11.1. The van der Waals surface area contributed by atoms with Crippen LogP contribution in [-0.4, -0.2) is 15.1 Å². The second kappa shape index (κ2) is 5.67. The van der Waals surface area contributed by atoms with Crippen molar-refractivity contribution >= 4 is 5.95 Å². The average molecular weight is 258 g/mol. The Kier molecular flexibility index (Phi) is 3.97. The van der Waals surface area contributed by atoms with Crippen molar-refractivity contribution in [3.8, 4) is 16.9 Å². The van der Waals surface area contributed by atoms with Crippen molar-refractivity contribution in [1.82, 2.24) is 9.97 Å². The van der Waals surface area contributed by atoms with Crippen LogP contribution in [0, 0.1) is 0 Å². The van der Waals surface area contributed by atoms with Gasteiger partial charge in [0.15, 0.2) is 0 Å². The van der Waals surface area contributed by atoms with E-state index < -0.39 is 0 Å². The molecule has 5 nitrogen and oxygen atoms in total. The van der Waals surface area contributed by atoms with Crippen LogP contribution in [-0.2, 0) is 12.8 Å². The lowest BCUT2D eigenvalue weighted by atomic mass is 9.98. The number of aromatic hydroxyl groups is 1. The minimum Gasteiger partial charge on any atom is -0.507 e. The fourth-order valence-electron chi connectivity index (χ4n) is 2.13. The average Bonchev–Trinajstić information content (AvgIpc) is 2.46. The predicted octanol–water partition coefficient (Wildman–Crippen LogP) is 2.26. The molecule has 1 aromatic heterocycles. The van der Waals surface area contributed by atoms with E-state index in [0.29, 0.717) is 5.95 Å². The Balaban J connectivity index is 2.71. The molecule has 4 N–H and O–H groups in total. The molecule has 0 aliphatic rings. The quantitative estimate of drug-likeness (QED) is 0.578. The van der Waals surface area contributed by atoms with Gasteiger partial charge in [-0.1, -0.05) is 32.0 Å². The SMILES string of the molecule is CCc1nc(NN)nc(CC)c1-c1ccccc1O. The van der Waals surface area contributed by atoms with E-state index in [9.17, 15) is 5.11 Å². The minimum absolute atomic E-state index is 0.240. The molecule has 19 heavy (non-hydrogen) atoms. The number of nitrogens with zero attached hydrogens (tertiary/aromatic N) is 2. The number of benzene rings is 1. The van der Waals surface area contributed by atoms with E-state index in [1.54, 1.807) is 12.1 Å². The van der Waals surface area contributed by atoms with E-state index in [0.717, 1.165) is 35.4 Å². The van der Waals surface area contributed by atoms with E-state index in [4.69, 9.17) is 5.84 Å². The molecule has 1 aromatic carbocycles. The number of hydrogen-bond donors (Lipinski definition) is 3. The standard InChI is InChI=1S/C14H18N4O/c1-3-10-13(9-7-5-6-8-12(9)19)11(4-2)17-14(16-10)18-15/h5-8,19H,3-4,15H2,1-2H3,(H,16,17,18). The molecule has 0 saturated carbocycles. The third-order valence-electron chi connectivity index (χ3n) is 3.03. The summed E-state index contributed by atoms with van der Waals surface area (Å²) < 4.78 is 0. The Labute approximate surface area is 112 Å². The van der Waals surface area contributed by atoms with E-state index in [1.807, 2.05) is 26.0 Å². The van der Waals surface area contributed by atoms with Crippen LogP contribution in [0.25, 0.3) is 11.1 Å². The largest absolute Gasteiger partial charge is 0.507 e. The second-order valence-electron chi connectivity index (χ2n) is 4.18. The molecule has 0 saturated heterocycles. The zero-order valence-corrected chi connectivity index (χ0v) is 11.1. The molecule has 100 valence electrons. The van der Waals surface area contributed by atoms with Gasteiger partial charge in [0.1, 0.15) is 5.75 Å². The molecule has 0 unspecified atom stereocenters. The van der Waals surface area contributed by atoms with E-state index in [-0.39, 0.29) is 5.75 Å². The third kappa shape index (κ3) is 2.51. The number of hydrogen-bond acceptors (Lipinski definition) is 5. The van der Waals surface area contributed by atoms with Crippen molar-refractivity contribution in [2.24, 2.45) is 5.84 Å². The Bertz CT molecular complexity index is 558. The normalized spacial score (nSPS) is 10.5. The fraction of sp³-hybridized carbons (Fsp3) is 0.286. The summed E-state index contributed by atoms with van der Waals surface area (Å²) in [6.07, 6.45) is 1.49. The molecular weight excluding hydrogens is 240 g/mol. The van der Waals surface area contributed by atoms with E-state index >= 15 is 0 Å². The first-order valence-corrected chi connectivity index (χ1v) is 6.36. The Morgan fingerprint density at radius 2 is 1.68 bits per heavy atom. The monoisotopic (exact) mass is 258 g/mol. The van der Waals surface area contributed by atoms with Gasteiger partial charge in [-0.05, 0) is 18.9 Å². The molecule has 0 amide bonds. The van der Waals surface area contributed by atoms with Gasteiger partial charge in [-0.3, -0.25) is 5.43 Å². The van der Waals surface area contributed by atoms with Crippen LogP contribution in [0.15, 0.2) is 24.3 Å². The summed E-state index contributed by atoms with van der Waals surface area (Å²) in [7, 11) is 0. The van der Waals surface area contributed by atoms with Crippen LogP contribution in [0.1, 0.15) is 25.2 Å². The number of phenolic OH excluding ortho intramolecular Hbond substituents is 1. The highest BCUT2D eigenvalue weighted by molar-refractivity contribution is 5.74. The topological polar surface area (TPSA) is 84.1 Å². The second-order valence-corrected chi connectivity index (χ2v) is 4.18. The van der Waals surface area contributed by atoms with Gasteiger partial charge in [-0.2, -0.15) is 0 Å². The number of nitrogens with one attached hydrogen (secondary N) is 1. The summed E-state index contributed by atoms with van der Waals surface area (Å²) >= 11 is 0. The van der Waals surface area contributed by atoms with E-state index in [2.05, 4.69) is 15.4 Å². The Morgan fingerprint density at radius 3 is 2.16 bits per heavy atom. The molecule has 0 atom stereocenters. The van der Waals surface area contributed by atoms with Gasteiger partial charge in [0.2, 0.25) is 5.95 Å². The highest BCUT2D eigenvalue weighted by Gasteiger charge is 2.16. The first kappa shape index (κ1) is 13.3. The summed E-state index contributed by atoms with van der Waals surface area (Å²) in [5.41, 5.74) is 5.91. The van der Waals surface area contributed by atoms with Gasteiger partial charge in [0.05, 0.1) is 11.4 Å². The maximum atomic E-state index is 10.0. The maximum absolute atomic E-state index is 10.0. The first-order chi connectivity index (χ1) is 9.21.